The second-order valence-corrected chi connectivity index (χ2v) is 21.0. The lowest BCUT2D eigenvalue weighted by atomic mass is 9.70. The Hall–Kier alpha value is -3.79. The minimum absolute atomic E-state index is 0.00559. The van der Waals surface area contributed by atoms with E-state index >= 15 is 0 Å². The molecule has 0 bridgehead atoms. The molecule has 0 amide bonds. The van der Waals surface area contributed by atoms with Gasteiger partial charge in [0.2, 0.25) is 0 Å². The number of aliphatic hydroxyl groups is 1. The maximum Gasteiger partial charge on any atom is 0.309 e. The number of cyclic esters (lactones) is 1. The van der Waals surface area contributed by atoms with Crippen molar-refractivity contribution in [3.63, 3.8) is 0 Å². The average Bonchev–Trinajstić information content (AvgIpc) is 3.33. The van der Waals surface area contributed by atoms with Gasteiger partial charge in [-0.25, -0.2) is 0 Å². The lowest BCUT2D eigenvalue weighted by Crippen LogP contribution is -2.67. The van der Waals surface area contributed by atoms with Crippen LogP contribution in [0.2, 0.25) is 0 Å². The van der Waals surface area contributed by atoms with Crippen LogP contribution in [0, 0.1) is 17.8 Å². The highest BCUT2D eigenvalue weighted by molar-refractivity contribution is 5.73. The molecule has 1 aromatic carbocycles. The van der Waals surface area contributed by atoms with Crippen LogP contribution in [0.4, 0.5) is 0 Å². The number of hydrogen-bond acceptors (Lipinski definition) is 19. The molecule has 3 heterocycles. The number of methoxy groups -OCH3 is 3. The number of benzene rings is 1. The highest BCUT2D eigenvalue weighted by atomic mass is 16.7. The van der Waals surface area contributed by atoms with E-state index in [1.54, 1.807) is 27.7 Å². The molecular weight excluding hydrogens is 961 g/mol. The molecule has 0 unspecified atom stereocenters. The van der Waals surface area contributed by atoms with Gasteiger partial charge in [0, 0.05) is 79.9 Å². The Morgan fingerprint density at radius 1 is 0.865 bits per heavy atom. The SMILES string of the molecule is CCC(=O)O[C@@H]1CC(=O)O[C@H](C)CCN(CCCCc2ccccc2)C[C@H](OC(C)=O)[C@H](C)C[C@H](CC(OC)OC)[C@H]([C@@H]2O[C@H](C)[C@@H](O[C@@H]3C[C@@](C)(OC(C)=O)[C@@H](OC(=O)CC)[C@H](C)O3)[C@H](N(C)C)[C@H]2O)[C@@H]1OC. The Morgan fingerprint density at radius 3 is 2.12 bits per heavy atom. The smallest absolute Gasteiger partial charge is 0.309 e. The van der Waals surface area contributed by atoms with Crippen molar-refractivity contribution in [2.24, 2.45) is 17.8 Å². The average molecular weight is 1050 g/mol. The minimum atomic E-state index is -1.35. The predicted molar refractivity (Wildman–Crippen MR) is 272 cm³/mol. The van der Waals surface area contributed by atoms with Crippen molar-refractivity contribution in [3.8, 4) is 0 Å². The summed E-state index contributed by atoms with van der Waals surface area (Å²) >= 11 is 0. The van der Waals surface area contributed by atoms with E-state index in [4.69, 9.17) is 52.1 Å². The molecule has 74 heavy (non-hydrogen) atoms. The summed E-state index contributed by atoms with van der Waals surface area (Å²) in [5.41, 5.74) is -0.0805. The molecule has 19 nitrogen and oxygen atoms in total. The standard InChI is InChI=1S/C55H90N2O17/c1-15-43(60)71-41-30-45(62)67-34(4)25-27-57(26-21-20-24-39-22-18-17-19-23-39)32-42(70-37(7)58)33(3)28-40(29-46(64-12)65-13)48(52(41)66-14)53-50(63)49(56(10)11)51(35(5)69-53)73-47-31-55(9,74-38(8)59)54(36(6)68-47)72-44(61)16-2/h17-19,22-23,33-36,40-42,46-54,63H,15-16,20-21,24-32H2,1-14H3/t33-,34-,35-,36+,40-,41-,42+,47-,48+,49-,50-,51-,52-,53+,54+,55-/m1/s1. The molecule has 0 saturated carbocycles. The Bertz CT molecular complexity index is 1890. The van der Waals surface area contributed by atoms with Gasteiger partial charge in [0.15, 0.2) is 24.3 Å². The number of aryl methyl sites for hydroxylation is 1. The number of esters is 5. The third kappa shape index (κ3) is 18.2. The first-order valence-electron chi connectivity index (χ1n) is 26.7. The van der Waals surface area contributed by atoms with Gasteiger partial charge in [-0.05, 0) is 97.8 Å². The van der Waals surface area contributed by atoms with Crippen LogP contribution >= 0.6 is 0 Å². The molecule has 422 valence electrons. The number of carbonyl (C=O) groups is 5. The molecule has 16 atom stereocenters. The Labute approximate surface area is 440 Å². The van der Waals surface area contributed by atoms with E-state index in [9.17, 15) is 29.1 Å². The van der Waals surface area contributed by atoms with Gasteiger partial charge in [-0.2, -0.15) is 0 Å². The van der Waals surface area contributed by atoms with Crippen LogP contribution in [0.15, 0.2) is 30.3 Å². The molecule has 1 N–H and O–H groups in total. The fraction of sp³-hybridized carbons (Fsp3) is 0.800. The van der Waals surface area contributed by atoms with Crippen LogP contribution < -0.4 is 0 Å². The van der Waals surface area contributed by atoms with Crippen LogP contribution in [0.25, 0.3) is 0 Å². The second kappa shape index (κ2) is 30.2. The lowest BCUT2D eigenvalue weighted by molar-refractivity contribution is -0.320. The lowest BCUT2D eigenvalue weighted by Gasteiger charge is -2.53. The Kier molecular flexibility index (Phi) is 25.6. The molecule has 3 aliphatic heterocycles. The molecule has 3 fully saturated rings. The maximum absolute atomic E-state index is 14.1. The van der Waals surface area contributed by atoms with Crippen molar-refractivity contribution in [3.05, 3.63) is 35.9 Å². The minimum Gasteiger partial charge on any atom is -0.463 e. The molecule has 3 saturated heterocycles. The molecule has 0 aromatic heterocycles. The summed E-state index contributed by atoms with van der Waals surface area (Å²) in [6.45, 7) is 16.7. The molecule has 3 aliphatic rings. The van der Waals surface area contributed by atoms with E-state index in [1.165, 1.54) is 40.7 Å². The molecule has 1 aromatic rings. The number of unbranched alkanes of at least 4 members (excludes halogenated alkanes) is 1. The van der Waals surface area contributed by atoms with Gasteiger partial charge in [-0.1, -0.05) is 51.1 Å². The van der Waals surface area contributed by atoms with Crippen molar-refractivity contribution in [1.29, 1.82) is 0 Å². The molecule has 4 rings (SSSR count). The van der Waals surface area contributed by atoms with Gasteiger partial charge in [0.25, 0.3) is 0 Å². The number of rotatable bonds is 20. The molecular formula is C55H90N2O17. The summed E-state index contributed by atoms with van der Waals surface area (Å²) in [4.78, 5) is 69.7. The van der Waals surface area contributed by atoms with Crippen LogP contribution in [0.1, 0.15) is 126 Å². The first kappa shape index (κ1) is 62.7. The fourth-order valence-electron chi connectivity index (χ4n) is 11.2. The van der Waals surface area contributed by atoms with Crippen LogP contribution in [0.5, 0.6) is 0 Å². The van der Waals surface area contributed by atoms with E-state index in [2.05, 4.69) is 17.0 Å². The summed E-state index contributed by atoms with van der Waals surface area (Å²) in [7, 11) is 8.14. The van der Waals surface area contributed by atoms with Crippen molar-refractivity contribution in [2.45, 2.75) is 212 Å². The Balaban J connectivity index is 1.83. The van der Waals surface area contributed by atoms with Gasteiger partial charge in [-0.15, -0.1) is 0 Å². The van der Waals surface area contributed by atoms with Crippen molar-refractivity contribution in [1.82, 2.24) is 9.80 Å². The first-order chi connectivity index (χ1) is 35.1. The van der Waals surface area contributed by atoms with Crippen molar-refractivity contribution < 1.29 is 81.2 Å². The molecule has 0 radical (unpaired) electrons. The number of aliphatic hydroxyl groups excluding tert-OH is 1. The predicted octanol–water partition coefficient (Wildman–Crippen LogP) is 5.82. The Morgan fingerprint density at radius 2 is 1.53 bits per heavy atom. The number of carbonyl (C=O) groups excluding carboxylic acids is 5. The summed E-state index contributed by atoms with van der Waals surface area (Å²) in [5.74, 6) is -4.42. The zero-order chi connectivity index (χ0) is 54.9. The van der Waals surface area contributed by atoms with Gasteiger partial charge >= 0.3 is 29.8 Å². The van der Waals surface area contributed by atoms with Crippen molar-refractivity contribution in [2.75, 3.05) is 55.1 Å². The molecule has 19 heteroatoms. The monoisotopic (exact) mass is 1050 g/mol. The summed E-state index contributed by atoms with van der Waals surface area (Å²) in [6, 6.07) is 9.52. The summed E-state index contributed by atoms with van der Waals surface area (Å²) in [6.07, 6.45) is -7.49. The summed E-state index contributed by atoms with van der Waals surface area (Å²) in [5, 5.41) is 13.0. The second-order valence-electron chi connectivity index (χ2n) is 21.0. The van der Waals surface area contributed by atoms with Crippen LogP contribution in [0.3, 0.4) is 0 Å². The van der Waals surface area contributed by atoms with Gasteiger partial charge < -0.3 is 62.1 Å². The van der Waals surface area contributed by atoms with Crippen LogP contribution in [-0.4, -0.2) is 185 Å². The fourth-order valence-corrected chi connectivity index (χ4v) is 11.2. The maximum atomic E-state index is 14.1. The largest absolute Gasteiger partial charge is 0.463 e. The number of nitrogens with zero attached hydrogens (tertiary/aromatic N) is 2. The van der Waals surface area contributed by atoms with E-state index < -0.39 is 127 Å². The number of ether oxygens (including phenoxy) is 11. The van der Waals surface area contributed by atoms with Crippen LogP contribution in [-0.2, 0) is 82.5 Å². The van der Waals surface area contributed by atoms with Gasteiger partial charge in [0.05, 0.1) is 36.9 Å². The topological polar surface area (TPSA) is 214 Å². The van der Waals surface area contributed by atoms with E-state index in [-0.39, 0.29) is 38.0 Å². The molecule has 0 spiro atoms. The number of hydrogen-bond donors (Lipinski definition) is 1. The quantitative estimate of drug-likeness (QED) is 0.0706. The highest BCUT2D eigenvalue weighted by Gasteiger charge is 2.56. The van der Waals surface area contributed by atoms with Gasteiger partial charge in [0.1, 0.15) is 30.5 Å². The number of likely N-dealkylation sites (N-methyl/N-ethyl adjacent to an activating group) is 1. The summed E-state index contributed by atoms with van der Waals surface area (Å²) < 4.78 is 68.4. The van der Waals surface area contributed by atoms with Gasteiger partial charge in [-0.3, -0.25) is 28.9 Å². The van der Waals surface area contributed by atoms with E-state index in [0.29, 0.717) is 32.5 Å². The van der Waals surface area contributed by atoms with E-state index in [1.807, 2.05) is 58.0 Å². The first-order valence-corrected chi connectivity index (χ1v) is 26.7. The zero-order valence-corrected chi connectivity index (χ0v) is 46.7. The zero-order valence-electron chi connectivity index (χ0n) is 46.7. The third-order valence-corrected chi connectivity index (χ3v) is 14.8. The normalized spacial score (nSPS) is 34.0. The van der Waals surface area contributed by atoms with E-state index in [0.717, 1.165) is 19.3 Å². The van der Waals surface area contributed by atoms with Crippen molar-refractivity contribution >= 4 is 29.8 Å². The molecule has 0 aliphatic carbocycles. The third-order valence-electron chi connectivity index (χ3n) is 14.8. The highest BCUT2D eigenvalue weighted by Crippen LogP contribution is 2.44.